The Kier molecular flexibility index (Phi) is 6.39. The van der Waals surface area contributed by atoms with Crippen molar-refractivity contribution in [1.82, 2.24) is 10.9 Å². The molecule has 150 valence electrons. The van der Waals surface area contributed by atoms with Crippen LogP contribution in [-0.4, -0.2) is 30.0 Å². The van der Waals surface area contributed by atoms with Gasteiger partial charge in [0.15, 0.2) is 18.2 Å². The molecule has 0 fully saturated rings. The normalized spacial score (nSPS) is 12.0. The maximum Gasteiger partial charge on any atom is 0.276 e. The highest BCUT2D eigenvalue weighted by Crippen LogP contribution is 2.29. The fraction of sp³-hybridized carbons (Fsp3) is 0.273. The number of hydrogen-bond donors (Lipinski definition) is 2. The molecular formula is C22H22N2O5. The lowest BCUT2D eigenvalue weighted by Gasteiger charge is -2.18. The second-order valence-electron chi connectivity index (χ2n) is 6.75. The zero-order valence-corrected chi connectivity index (χ0v) is 16.1. The number of fused-ring (bicyclic) bond motifs is 2. The molecule has 2 amide bonds. The van der Waals surface area contributed by atoms with E-state index in [1.807, 2.05) is 6.92 Å². The fourth-order valence-electron chi connectivity index (χ4n) is 3.09. The molecule has 3 rings (SSSR count). The third-order valence-corrected chi connectivity index (χ3v) is 4.62. The summed E-state index contributed by atoms with van der Waals surface area (Å²) in [6, 6.07) is 11.2. The fourth-order valence-corrected chi connectivity index (χ4v) is 3.09. The van der Waals surface area contributed by atoms with Gasteiger partial charge < -0.3 is 4.74 Å². The predicted octanol–water partition coefficient (Wildman–Crippen LogP) is 2.57. The van der Waals surface area contributed by atoms with Crippen LogP contribution in [0.2, 0.25) is 0 Å². The molecule has 0 aliphatic heterocycles. The van der Waals surface area contributed by atoms with Gasteiger partial charge in [-0.15, -0.1) is 0 Å². The lowest BCUT2D eigenvalue weighted by molar-refractivity contribution is -0.130. The summed E-state index contributed by atoms with van der Waals surface area (Å²) in [5.41, 5.74) is 5.91. The van der Waals surface area contributed by atoms with Crippen molar-refractivity contribution in [1.29, 1.82) is 0 Å². The third-order valence-electron chi connectivity index (χ3n) is 4.62. The van der Waals surface area contributed by atoms with Crippen LogP contribution in [0, 0.1) is 0 Å². The Labute approximate surface area is 168 Å². The van der Waals surface area contributed by atoms with Crippen molar-refractivity contribution in [2.45, 2.75) is 32.6 Å². The van der Waals surface area contributed by atoms with E-state index in [0.717, 1.165) is 19.3 Å². The van der Waals surface area contributed by atoms with Crippen LogP contribution in [-0.2, 0) is 9.59 Å². The van der Waals surface area contributed by atoms with Gasteiger partial charge in [-0.2, -0.15) is 0 Å². The van der Waals surface area contributed by atoms with Crippen molar-refractivity contribution < 1.29 is 23.9 Å². The minimum absolute atomic E-state index is 0.217. The first kappa shape index (κ1) is 20.3. The largest absolute Gasteiger partial charge is 0.484 e. The molecule has 1 aliphatic carbocycles. The molecule has 0 saturated carbocycles. The topological polar surface area (TPSA) is 102 Å². The molecule has 0 saturated heterocycles. The van der Waals surface area contributed by atoms with E-state index in [9.17, 15) is 19.2 Å². The first-order valence-electron chi connectivity index (χ1n) is 9.54. The SMILES string of the molecule is CCCCCC(=O)NNC(=O)COc1ccc2c(c1)C(=O)c1ccccc1C2=O. The Morgan fingerprint density at radius 1 is 0.828 bits per heavy atom. The summed E-state index contributed by atoms with van der Waals surface area (Å²) < 4.78 is 5.41. The highest BCUT2D eigenvalue weighted by Gasteiger charge is 2.29. The Morgan fingerprint density at radius 2 is 1.45 bits per heavy atom. The third kappa shape index (κ3) is 4.68. The van der Waals surface area contributed by atoms with E-state index in [1.54, 1.807) is 24.3 Å². The number of carbonyl (C=O) groups is 4. The van der Waals surface area contributed by atoms with Gasteiger partial charge in [0.25, 0.3) is 5.91 Å². The molecule has 0 heterocycles. The molecule has 2 aromatic carbocycles. The molecule has 7 heteroatoms. The van der Waals surface area contributed by atoms with Gasteiger partial charge in [-0.05, 0) is 24.6 Å². The minimum atomic E-state index is -0.528. The van der Waals surface area contributed by atoms with E-state index in [-0.39, 0.29) is 35.4 Å². The van der Waals surface area contributed by atoms with Gasteiger partial charge >= 0.3 is 0 Å². The Hall–Kier alpha value is -3.48. The highest BCUT2D eigenvalue weighted by atomic mass is 16.5. The summed E-state index contributed by atoms with van der Waals surface area (Å²) in [5.74, 6) is -0.980. The van der Waals surface area contributed by atoms with Gasteiger partial charge in [-0.1, -0.05) is 44.0 Å². The number of amides is 2. The maximum atomic E-state index is 12.7. The standard InChI is InChI=1S/C22H22N2O5/c1-2-3-4-9-19(25)23-24-20(26)13-29-14-10-11-17-18(12-14)22(28)16-8-6-5-7-15(16)21(17)27/h5-8,10-12H,2-4,9,13H2,1H3,(H,23,25)(H,24,26). The van der Waals surface area contributed by atoms with Gasteiger partial charge in [-0.3, -0.25) is 30.0 Å². The molecule has 29 heavy (non-hydrogen) atoms. The first-order valence-corrected chi connectivity index (χ1v) is 9.54. The van der Waals surface area contributed by atoms with Crippen LogP contribution < -0.4 is 15.6 Å². The van der Waals surface area contributed by atoms with Crippen LogP contribution >= 0.6 is 0 Å². The van der Waals surface area contributed by atoms with E-state index in [0.29, 0.717) is 23.1 Å². The maximum absolute atomic E-state index is 12.7. The monoisotopic (exact) mass is 394 g/mol. The van der Waals surface area contributed by atoms with Crippen LogP contribution in [0.3, 0.4) is 0 Å². The smallest absolute Gasteiger partial charge is 0.276 e. The Bertz CT molecular complexity index is 967. The molecule has 0 unspecified atom stereocenters. The quantitative estimate of drug-likeness (QED) is 0.474. The lowest BCUT2D eigenvalue weighted by atomic mass is 9.84. The molecule has 0 aromatic heterocycles. The van der Waals surface area contributed by atoms with Crippen molar-refractivity contribution in [3.8, 4) is 5.75 Å². The Morgan fingerprint density at radius 3 is 2.14 bits per heavy atom. The van der Waals surface area contributed by atoms with Crippen molar-refractivity contribution in [2.24, 2.45) is 0 Å². The second-order valence-corrected chi connectivity index (χ2v) is 6.75. The summed E-state index contributed by atoms with van der Waals surface area (Å²) in [5, 5.41) is 0. The van der Waals surface area contributed by atoms with Crippen LogP contribution in [0.5, 0.6) is 5.75 Å². The molecular weight excluding hydrogens is 372 g/mol. The summed E-state index contributed by atoms with van der Waals surface area (Å²) >= 11 is 0. The molecule has 0 atom stereocenters. The van der Waals surface area contributed by atoms with Crippen LogP contribution in [0.15, 0.2) is 42.5 Å². The average Bonchev–Trinajstić information content (AvgIpc) is 2.74. The van der Waals surface area contributed by atoms with Crippen LogP contribution in [0.25, 0.3) is 0 Å². The Balaban J connectivity index is 1.58. The van der Waals surface area contributed by atoms with Gasteiger partial charge in [0, 0.05) is 28.7 Å². The number of carbonyl (C=O) groups excluding carboxylic acids is 4. The van der Waals surface area contributed by atoms with E-state index in [2.05, 4.69) is 10.9 Å². The number of hydrogen-bond acceptors (Lipinski definition) is 5. The number of hydrazine groups is 1. The van der Waals surface area contributed by atoms with E-state index < -0.39 is 5.91 Å². The molecule has 0 radical (unpaired) electrons. The summed E-state index contributed by atoms with van der Waals surface area (Å²) in [7, 11) is 0. The minimum Gasteiger partial charge on any atom is -0.484 e. The van der Waals surface area contributed by atoms with E-state index >= 15 is 0 Å². The molecule has 0 bridgehead atoms. The van der Waals surface area contributed by atoms with Crippen LogP contribution in [0.1, 0.15) is 64.4 Å². The average molecular weight is 394 g/mol. The van der Waals surface area contributed by atoms with Crippen LogP contribution in [0.4, 0.5) is 0 Å². The number of unbranched alkanes of at least 4 members (excludes halogenated alkanes) is 2. The summed E-state index contributed by atoms with van der Waals surface area (Å²) in [6.07, 6.45) is 3.07. The molecule has 2 aromatic rings. The lowest BCUT2D eigenvalue weighted by Crippen LogP contribution is -2.43. The molecule has 7 nitrogen and oxygen atoms in total. The number of ether oxygens (including phenoxy) is 1. The number of benzene rings is 2. The van der Waals surface area contributed by atoms with E-state index in [1.165, 1.54) is 18.2 Å². The first-order chi connectivity index (χ1) is 14.0. The second kappa shape index (κ2) is 9.14. The zero-order valence-electron chi connectivity index (χ0n) is 16.1. The van der Waals surface area contributed by atoms with E-state index in [4.69, 9.17) is 4.74 Å². The van der Waals surface area contributed by atoms with Gasteiger partial charge in [0.1, 0.15) is 5.75 Å². The number of ketones is 2. The van der Waals surface area contributed by atoms with Gasteiger partial charge in [0.05, 0.1) is 0 Å². The van der Waals surface area contributed by atoms with Crippen molar-refractivity contribution >= 4 is 23.4 Å². The zero-order chi connectivity index (χ0) is 20.8. The van der Waals surface area contributed by atoms with Crippen molar-refractivity contribution in [3.63, 3.8) is 0 Å². The number of nitrogens with one attached hydrogen (secondary N) is 2. The summed E-state index contributed by atoms with van der Waals surface area (Å²) in [4.78, 5) is 48.7. The molecule has 2 N–H and O–H groups in total. The molecule has 1 aliphatic rings. The predicted molar refractivity (Wildman–Crippen MR) is 106 cm³/mol. The molecule has 0 spiro atoms. The highest BCUT2D eigenvalue weighted by molar-refractivity contribution is 6.28. The number of rotatable bonds is 7. The van der Waals surface area contributed by atoms with Crippen molar-refractivity contribution in [2.75, 3.05) is 6.61 Å². The van der Waals surface area contributed by atoms with Gasteiger partial charge in [-0.25, -0.2) is 0 Å². The van der Waals surface area contributed by atoms with Crippen molar-refractivity contribution in [3.05, 3.63) is 64.7 Å². The summed E-state index contributed by atoms with van der Waals surface area (Å²) in [6.45, 7) is 1.70. The van der Waals surface area contributed by atoms with Gasteiger partial charge in [0.2, 0.25) is 5.91 Å².